The molecule has 3 rings (SSSR count). The van der Waals surface area contributed by atoms with Gasteiger partial charge < -0.3 is 15.4 Å². The van der Waals surface area contributed by atoms with Crippen molar-refractivity contribution in [1.82, 2.24) is 15.6 Å². The van der Waals surface area contributed by atoms with Crippen LogP contribution in [0.25, 0.3) is 0 Å². The molecule has 1 aromatic carbocycles. The number of rotatable bonds is 6. The molecule has 0 aliphatic carbocycles. The van der Waals surface area contributed by atoms with E-state index < -0.39 is 0 Å². The van der Waals surface area contributed by atoms with E-state index in [-0.39, 0.29) is 11.9 Å². The van der Waals surface area contributed by atoms with E-state index >= 15 is 0 Å². The summed E-state index contributed by atoms with van der Waals surface area (Å²) in [6.45, 7) is 1.97. The Morgan fingerprint density at radius 3 is 2.96 bits per heavy atom. The highest BCUT2D eigenvalue weighted by Gasteiger charge is 2.19. The number of nitrogens with zero attached hydrogens (tertiary/aromatic N) is 1. The molecule has 1 amide bonds. The van der Waals surface area contributed by atoms with Gasteiger partial charge in [0.25, 0.3) is 0 Å². The van der Waals surface area contributed by atoms with Crippen LogP contribution in [0.3, 0.4) is 0 Å². The number of aromatic nitrogens is 1. The molecule has 6 heteroatoms. The van der Waals surface area contributed by atoms with Crippen molar-refractivity contribution >= 4 is 17.2 Å². The van der Waals surface area contributed by atoms with Crippen LogP contribution < -0.4 is 15.4 Å². The molecule has 1 fully saturated rings. The maximum absolute atomic E-state index is 11.9. The zero-order valence-electron chi connectivity index (χ0n) is 13.0. The molecule has 1 aliphatic heterocycles. The maximum Gasteiger partial charge on any atom is 0.237 e. The number of carbonyl (C=O) groups is 1. The molecule has 1 atom stereocenters. The Kier molecular flexibility index (Phi) is 5.60. The second-order valence-corrected chi connectivity index (χ2v) is 6.35. The fourth-order valence-corrected chi connectivity index (χ4v) is 3.09. The first-order chi connectivity index (χ1) is 11.3. The first-order valence-electron chi connectivity index (χ1n) is 7.91. The molecule has 23 heavy (non-hydrogen) atoms. The number of hydrogen-bond donors (Lipinski definition) is 2. The van der Waals surface area contributed by atoms with E-state index in [9.17, 15) is 4.79 Å². The minimum absolute atomic E-state index is 0.0851. The largest absolute Gasteiger partial charge is 0.487 e. The molecule has 0 saturated carbocycles. The number of benzene rings is 1. The molecule has 122 valence electrons. The van der Waals surface area contributed by atoms with Gasteiger partial charge in [0.2, 0.25) is 5.91 Å². The normalized spacial score (nSPS) is 18.3. The highest BCUT2D eigenvalue weighted by atomic mass is 32.1. The van der Waals surface area contributed by atoms with Gasteiger partial charge in [-0.05, 0) is 37.0 Å². The van der Waals surface area contributed by atoms with E-state index in [1.165, 1.54) is 0 Å². The van der Waals surface area contributed by atoms with Gasteiger partial charge in [-0.15, -0.1) is 11.3 Å². The van der Waals surface area contributed by atoms with Crippen LogP contribution in [0.15, 0.2) is 35.2 Å². The van der Waals surface area contributed by atoms with Gasteiger partial charge in [0.15, 0.2) is 0 Å². The molecule has 5 nitrogen and oxygen atoms in total. The lowest BCUT2D eigenvalue weighted by Crippen LogP contribution is -2.42. The van der Waals surface area contributed by atoms with E-state index in [1.54, 1.807) is 16.8 Å². The third-order valence-corrected chi connectivity index (χ3v) is 4.52. The average Bonchev–Trinajstić information content (AvgIpc) is 3.01. The quantitative estimate of drug-likeness (QED) is 0.854. The third-order valence-electron chi connectivity index (χ3n) is 3.88. The Bertz CT molecular complexity index is 613. The minimum atomic E-state index is -0.0851. The number of nitrogens with one attached hydrogen (secondary N) is 2. The molecule has 1 aromatic heterocycles. The Balaban J connectivity index is 1.48. The van der Waals surface area contributed by atoms with Crippen LogP contribution in [0.4, 0.5) is 0 Å². The number of carbonyl (C=O) groups excluding carboxylic acids is 1. The molecule has 0 bridgehead atoms. The molecule has 2 heterocycles. The molecule has 2 N–H and O–H groups in total. The Morgan fingerprint density at radius 2 is 2.17 bits per heavy atom. The summed E-state index contributed by atoms with van der Waals surface area (Å²) in [5.74, 6) is 0.944. The van der Waals surface area contributed by atoms with Crippen molar-refractivity contribution in [3.63, 3.8) is 0 Å². The maximum atomic E-state index is 11.9. The number of ether oxygens (including phenoxy) is 1. The molecule has 0 radical (unpaired) electrons. The van der Waals surface area contributed by atoms with Crippen molar-refractivity contribution in [1.29, 1.82) is 0 Å². The fraction of sp³-hybridized carbons (Fsp3) is 0.412. The molecule has 0 spiro atoms. The Hall–Kier alpha value is -1.92. The Labute approximate surface area is 140 Å². The molecule has 0 unspecified atom stereocenters. The van der Waals surface area contributed by atoms with Crippen LogP contribution in [0.2, 0.25) is 0 Å². The van der Waals surface area contributed by atoms with Crippen molar-refractivity contribution in [2.45, 2.75) is 38.5 Å². The summed E-state index contributed by atoms with van der Waals surface area (Å²) in [5, 5.41) is 8.27. The summed E-state index contributed by atoms with van der Waals surface area (Å²) in [6.07, 6.45) is 3.05. The zero-order valence-corrected chi connectivity index (χ0v) is 13.8. The lowest BCUT2D eigenvalue weighted by Gasteiger charge is -2.15. The predicted octanol–water partition coefficient (Wildman–Crippen LogP) is 2.48. The van der Waals surface area contributed by atoms with Gasteiger partial charge in [-0.2, -0.15) is 0 Å². The molecular formula is C17H21N3O2S. The Morgan fingerprint density at radius 1 is 1.30 bits per heavy atom. The minimum Gasteiger partial charge on any atom is -0.487 e. The summed E-state index contributed by atoms with van der Waals surface area (Å²) in [6, 6.07) is 7.88. The second-order valence-electron chi connectivity index (χ2n) is 5.63. The van der Waals surface area contributed by atoms with E-state index in [0.29, 0.717) is 13.2 Å². The van der Waals surface area contributed by atoms with E-state index in [1.807, 2.05) is 29.6 Å². The van der Waals surface area contributed by atoms with Crippen LogP contribution in [-0.4, -0.2) is 23.5 Å². The van der Waals surface area contributed by atoms with Crippen LogP contribution >= 0.6 is 11.3 Å². The average molecular weight is 331 g/mol. The van der Waals surface area contributed by atoms with Crippen molar-refractivity contribution < 1.29 is 9.53 Å². The van der Waals surface area contributed by atoms with Crippen molar-refractivity contribution in [2.24, 2.45) is 0 Å². The smallest absolute Gasteiger partial charge is 0.237 e. The van der Waals surface area contributed by atoms with E-state index in [2.05, 4.69) is 15.6 Å². The van der Waals surface area contributed by atoms with Gasteiger partial charge in [-0.3, -0.25) is 4.79 Å². The topological polar surface area (TPSA) is 63.2 Å². The number of thiazole rings is 1. The number of amides is 1. The molecule has 1 saturated heterocycles. The lowest BCUT2D eigenvalue weighted by molar-refractivity contribution is -0.122. The van der Waals surface area contributed by atoms with Gasteiger partial charge in [-0.1, -0.05) is 12.1 Å². The van der Waals surface area contributed by atoms with E-state index in [4.69, 9.17) is 4.74 Å². The van der Waals surface area contributed by atoms with Crippen LogP contribution in [0.5, 0.6) is 5.75 Å². The molecular weight excluding hydrogens is 310 g/mol. The lowest BCUT2D eigenvalue weighted by atomic mass is 10.1. The first kappa shape index (κ1) is 16.0. The van der Waals surface area contributed by atoms with Gasteiger partial charge in [0, 0.05) is 18.5 Å². The van der Waals surface area contributed by atoms with Crippen molar-refractivity contribution in [3.05, 3.63) is 46.4 Å². The zero-order chi connectivity index (χ0) is 15.9. The summed E-state index contributed by atoms with van der Waals surface area (Å²) < 4.78 is 5.69. The van der Waals surface area contributed by atoms with Gasteiger partial charge >= 0.3 is 0 Å². The summed E-state index contributed by atoms with van der Waals surface area (Å²) in [7, 11) is 0. The fourth-order valence-electron chi connectivity index (χ4n) is 2.54. The predicted molar refractivity (Wildman–Crippen MR) is 90.4 cm³/mol. The molecule has 1 aliphatic rings. The van der Waals surface area contributed by atoms with E-state index in [0.717, 1.165) is 42.8 Å². The highest BCUT2D eigenvalue weighted by Crippen LogP contribution is 2.15. The monoisotopic (exact) mass is 331 g/mol. The third kappa shape index (κ3) is 4.77. The summed E-state index contributed by atoms with van der Waals surface area (Å²) >= 11 is 1.57. The second kappa shape index (κ2) is 8.08. The molecule has 2 aromatic rings. The SMILES string of the molecule is O=C1NCCCC[C@H]1NCc1ccc(OCc2cscn2)cc1. The van der Waals surface area contributed by atoms with Crippen molar-refractivity contribution in [2.75, 3.05) is 6.54 Å². The first-order valence-corrected chi connectivity index (χ1v) is 8.85. The standard InChI is InChI=1S/C17H21N3O2S/c21-17-16(3-1-2-8-18-17)19-9-13-4-6-15(7-5-13)22-10-14-11-23-12-20-14/h4-7,11-12,16,19H,1-3,8-10H2,(H,18,21)/t16-/m1/s1. The van der Waals surface area contributed by atoms with Crippen LogP contribution in [0, 0.1) is 0 Å². The van der Waals surface area contributed by atoms with Crippen LogP contribution in [0.1, 0.15) is 30.5 Å². The number of hydrogen-bond acceptors (Lipinski definition) is 5. The van der Waals surface area contributed by atoms with Gasteiger partial charge in [0.05, 0.1) is 17.2 Å². The van der Waals surface area contributed by atoms with Crippen molar-refractivity contribution in [3.8, 4) is 5.75 Å². The van der Waals surface area contributed by atoms with Gasteiger partial charge in [0.1, 0.15) is 12.4 Å². The summed E-state index contributed by atoms with van der Waals surface area (Å²) in [4.78, 5) is 16.1. The highest BCUT2D eigenvalue weighted by molar-refractivity contribution is 7.07. The summed E-state index contributed by atoms with van der Waals surface area (Å²) in [5.41, 5.74) is 3.89. The van der Waals surface area contributed by atoms with Gasteiger partial charge in [-0.25, -0.2) is 4.98 Å². The van der Waals surface area contributed by atoms with Crippen LogP contribution in [-0.2, 0) is 17.9 Å².